The van der Waals surface area contributed by atoms with Crippen LogP contribution in [0.3, 0.4) is 0 Å². The van der Waals surface area contributed by atoms with Gasteiger partial charge in [-0.1, -0.05) is 12.1 Å². The average Bonchev–Trinajstić information content (AvgIpc) is 3.40. The van der Waals surface area contributed by atoms with Gasteiger partial charge in [-0.25, -0.2) is 4.39 Å². The Hall–Kier alpha value is -1.46. The molecule has 0 radical (unpaired) electrons. The third-order valence-corrected chi connectivity index (χ3v) is 5.17. The van der Waals surface area contributed by atoms with Gasteiger partial charge in [-0.2, -0.15) is 0 Å². The summed E-state index contributed by atoms with van der Waals surface area (Å²) < 4.78 is 13.3. The van der Waals surface area contributed by atoms with Crippen molar-refractivity contribution in [3.63, 3.8) is 0 Å². The zero-order valence-electron chi connectivity index (χ0n) is 14.4. The summed E-state index contributed by atoms with van der Waals surface area (Å²) in [6.45, 7) is 2.90. The molecule has 0 spiro atoms. The molecule has 1 saturated heterocycles. The summed E-state index contributed by atoms with van der Waals surface area (Å²) in [7, 11) is 1.99. The molecule has 24 heavy (non-hydrogen) atoms. The number of hydrogen-bond acceptors (Lipinski definition) is 3. The smallest absolute Gasteiger partial charge is 0.242 e. The second kappa shape index (κ2) is 8.08. The summed E-state index contributed by atoms with van der Waals surface area (Å²) in [6.07, 6.45) is 5.59. The van der Waals surface area contributed by atoms with Crippen LogP contribution < -0.4 is 10.6 Å². The highest BCUT2D eigenvalue weighted by atomic mass is 19.1. The minimum absolute atomic E-state index is 0.0674. The molecule has 1 atom stereocenters. The third kappa shape index (κ3) is 4.54. The molecule has 1 aliphatic heterocycles. The van der Waals surface area contributed by atoms with Gasteiger partial charge in [0, 0.05) is 6.04 Å². The summed E-state index contributed by atoms with van der Waals surface area (Å²) in [4.78, 5) is 15.0. The van der Waals surface area contributed by atoms with E-state index in [1.165, 1.54) is 18.6 Å². The number of hydrogen-bond donors (Lipinski definition) is 2. The van der Waals surface area contributed by atoms with Crippen LogP contribution in [0.4, 0.5) is 4.39 Å². The average molecular weight is 333 g/mol. The zero-order valence-corrected chi connectivity index (χ0v) is 14.4. The second-order valence-corrected chi connectivity index (χ2v) is 7.11. The van der Waals surface area contributed by atoms with Crippen LogP contribution in [0.1, 0.15) is 43.7 Å². The fourth-order valence-corrected chi connectivity index (χ4v) is 3.53. The van der Waals surface area contributed by atoms with Crippen molar-refractivity contribution in [3.8, 4) is 0 Å². The van der Waals surface area contributed by atoms with Crippen molar-refractivity contribution in [2.45, 2.75) is 44.2 Å². The normalized spacial score (nSPS) is 20.8. The first-order valence-electron chi connectivity index (χ1n) is 9.12. The van der Waals surface area contributed by atoms with Crippen LogP contribution in [-0.2, 0) is 4.79 Å². The Morgan fingerprint density at radius 2 is 1.88 bits per heavy atom. The molecule has 2 N–H and O–H groups in total. The highest BCUT2D eigenvalue weighted by molar-refractivity contribution is 5.83. The molecule has 1 saturated carbocycles. The van der Waals surface area contributed by atoms with E-state index in [0.29, 0.717) is 6.04 Å². The number of likely N-dealkylation sites (tertiary alicyclic amines) is 1. The summed E-state index contributed by atoms with van der Waals surface area (Å²) in [5.74, 6) is 0.540. The van der Waals surface area contributed by atoms with Crippen molar-refractivity contribution in [2.75, 3.05) is 26.7 Å². The molecule has 1 heterocycles. The lowest BCUT2D eigenvalue weighted by Crippen LogP contribution is -2.45. The second-order valence-electron chi connectivity index (χ2n) is 7.11. The summed E-state index contributed by atoms with van der Waals surface area (Å²) in [6, 6.07) is 6.45. The summed E-state index contributed by atoms with van der Waals surface area (Å²) in [5.41, 5.74) is 0.892. The highest BCUT2D eigenvalue weighted by Gasteiger charge is 2.34. The quantitative estimate of drug-likeness (QED) is 0.806. The van der Waals surface area contributed by atoms with Gasteiger partial charge < -0.3 is 10.6 Å². The molecule has 4 nitrogen and oxygen atoms in total. The van der Waals surface area contributed by atoms with Gasteiger partial charge in [0.05, 0.1) is 0 Å². The van der Waals surface area contributed by atoms with E-state index in [-0.39, 0.29) is 17.8 Å². The topological polar surface area (TPSA) is 44.4 Å². The van der Waals surface area contributed by atoms with Crippen molar-refractivity contribution in [2.24, 2.45) is 5.92 Å². The number of carbonyl (C=O) groups is 1. The fraction of sp³-hybridized carbons (Fsp3) is 0.632. The van der Waals surface area contributed by atoms with Crippen LogP contribution in [0.15, 0.2) is 24.3 Å². The van der Waals surface area contributed by atoms with Gasteiger partial charge >= 0.3 is 0 Å². The van der Waals surface area contributed by atoms with E-state index in [0.717, 1.165) is 56.8 Å². The van der Waals surface area contributed by atoms with Crippen LogP contribution in [0.2, 0.25) is 0 Å². The maximum atomic E-state index is 13.3. The number of carbonyl (C=O) groups excluding carboxylic acids is 1. The Balaban J connectivity index is 1.67. The lowest BCUT2D eigenvalue weighted by Gasteiger charge is -2.37. The molecule has 2 aliphatic rings. The Bertz CT molecular complexity index is 536. The first kappa shape index (κ1) is 17.4. The molecule has 2 fully saturated rings. The Kier molecular flexibility index (Phi) is 5.85. The van der Waals surface area contributed by atoms with Crippen LogP contribution >= 0.6 is 0 Å². The molecule has 1 unspecified atom stereocenters. The lowest BCUT2D eigenvalue weighted by molar-refractivity contribution is -0.127. The Morgan fingerprint density at radius 1 is 1.21 bits per heavy atom. The first-order valence-corrected chi connectivity index (χ1v) is 9.12. The number of amides is 1. The van der Waals surface area contributed by atoms with E-state index < -0.39 is 0 Å². The molecule has 1 amide bonds. The van der Waals surface area contributed by atoms with Gasteiger partial charge in [0.2, 0.25) is 5.91 Å². The van der Waals surface area contributed by atoms with Crippen molar-refractivity contribution < 1.29 is 9.18 Å². The third-order valence-electron chi connectivity index (χ3n) is 5.17. The Morgan fingerprint density at radius 3 is 2.46 bits per heavy atom. The molecule has 1 aromatic carbocycles. The van der Waals surface area contributed by atoms with Crippen LogP contribution in [0.5, 0.6) is 0 Å². The monoisotopic (exact) mass is 333 g/mol. The van der Waals surface area contributed by atoms with Gasteiger partial charge in [0.1, 0.15) is 11.9 Å². The van der Waals surface area contributed by atoms with Gasteiger partial charge in [-0.05, 0) is 82.4 Å². The van der Waals surface area contributed by atoms with E-state index in [9.17, 15) is 9.18 Å². The van der Waals surface area contributed by atoms with Crippen molar-refractivity contribution >= 4 is 5.91 Å². The molecule has 1 aromatic rings. The minimum Gasteiger partial charge on any atom is -0.352 e. The van der Waals surface area contributed by atoms with E-state index in [4.69, 9.17) is 0 Å². The Labute approximate surface area is 143 Å². The highest BCUT2D eigenvalue weighted by Crippen LogP contribution is 2.30. The van der Waals surface area contributed by atoms with E-state index in [1.54, 1.807) is 12.1 Å². The van der Waals surface area contributed by atoms with Gasteiger partial charge in [0.25, 0.3) is 0 Å². The van der Waals surface area contributed by atoms with Crippen molar-refractivity contribution in [3.05, 3.63) is 35.6 Å². The SMILES string of the molecule is CNCCC1CCN(C(C(=O)NC2CC2)c2ccc(F)cc2)CC1. The van der Waals surface area contributed by atoms with Gasteiger partial charge in [-0.3, -0.25) is 9.69 Å². The van der Waals surface area contributed by atoms with Crippen LogP contribution in [0, 0.1) is 11.7 Å². The first-order chi connectivity index (χ1) is 11.7. The molecule has 5 heteroatoms. The predicted octanol–water partition coefficient (Wildman–Crippen LogP) is 2.47. The predicted molar refractivity (Wildman–Crippen MR) is 93.1 cm³/mol. The summed E-state index contributed by atoms with van der Waals surface area (Å²) in [5, 5.41) is 6.34. The molecule has 3 rings (SSSR count). The zero-order chi connectivity index (χ0) is 16.9. The number of nitrogens with zero attached hydrogens (tertiary/aromatic N) is 1. The van der Waals surface area contributed by atoms with Crippen molar-refractivity contribution in [1.29, 1.82) is 0 Å². The minimum atomic E-state index is -0.295. The number of benzene rings is 1. The lowest BCUT2D eigenvalue weighted by atomic mass is 9.91. The number of halogens is 1. The number of nitrogens with one attached hydrogen (secondary N) is 2. The fourth-order valence-electron chi connectivity index (χ4n) is 3.53. The molecular weight excluding hydrogens is 305 g/mol. The van der Waals surface area contributed by atoms with Crippen LogP contribution in [-0.4, -0.2) is 43.5 Å². The molecular formula is C19H28FN3O. The standard InChI is InChI=1S/C19H28FN3O/c1-21-11-8-14-9-12-23(13-10-14)18(19(24)22-17-6-7-17)15-2-4-16(20)5-3-15/h2-5,14,17-18,21H,6-13H2,1H3,(H,22,24). The largest absolute Gasteiger partial charge is 0.352 e. The number of rotatable bonds is 7. The van der Waals surface area contributed by atoms with Gasteiger partial charge in [-0.15, -0.1) is 0 Å². The van der Waals surface area contributed by atoms with E-state index in [1.807, 2.05) is 7.05 Å². The molecule has 0 bridgehead atoms. The van der Waals surface area contributed by atoms with Crippen molar-refractivity contribution in [1.82, 2.24) is 15.5 Å². The van der Waals surface area contributed by atoms with Gasteiger partial charge in [0.15, 0.2) is 0 Å². The maximum absolute atomic E-state index is 13.3. The van der Waals surface area contributed by atoms with E-state index >= 15 is 0 Å². The molecule has 132 valence electrons. The van der Waals surface area contributed by atoms with Crippen LogP contribution in [0.25, 0.3) is 0 Å². The summed E-state index contributed by atoms with van der Waals surface area (Å²) >= 11 is 0. The molecule has 0 aromatic heterocycles. The maximum Gasteiger partial charge on any atom is 0.242 e. The molecule has 1 aliphatic carbocycles. The van der Waals surface area contributed by atoms with E-state index in [2.05, 4.69) is 15.5 Å². The number of piperidine rings is 1.